The number of benzene rings is 1. The van der Waals surface area contributed by atoms with Gasteiger partial charge in [-0.15, -0.1) is 0 Å². The van der Waals surface area contributed by atoms with Crippen LogP contribution in [-0.4, -0.2) is 76.7 Å². The van der Waals surface area contributed by atoms with E-state index in [9.17, 15) is 4.79 Å². The van der Waals surface area contributed by atoms with Crippen LogP contribution < -0.4 is 27.0 Å². The first-order chi connectivity index (χ1) is 21.8. The van der Waals surface area contributed by atoms with Crippen LogP contribution in [0.25, 0.3) is 0 Å². The lowest BCUT2D eigenvalue weighted by Gasteiger charge is -2.43. The van der Waals surface area contributed by atoms with E-state index < -0.39 is 5.82 Å². The molecule has 3 atom stereocenters. The Kier molecular flexibility index (Phi) is 8.27. The lowest BCUT2D eigenvalue weighted by Crippen LogP contribution is -2.52. The van der Waals surface area contributed by atoms with E-state index in [4.69, 9.17) is 16.2 Å². The first-order valence-electron chi connectivity index (χ1n) is 15.7. The average Bonchev–Trinajstić information content (AvgIpc) is 3.53. The number of anilines is 3. The van der Waals surface area contributed by atoms with Crippen LogP contribution >= 0.6 is 11.8 Å². The number of piperidine rings is 2. The van der Waals surface area contributed by atoms with Crippen molar-refractivity contribution in [3.8, 4) is 0 Å². The molecule has 3 aromatic rings. The second kappa shape index (κ2) is 12.3. The van der Waals surface area contributed by atoms with Crippen LogP contribution in [0, 0.1) is 11.2 Å². The Morgan fingerprint density at radius 2 is 2.07 bits per heavy atom. The van der Waals surface area contributed by atoms with Crippen LogP contribution in [0.4, 0.5) is 21.8 Å². The predicted molar refractivity (Wildman–Crippen MR) is 171 cm³/mol. The predicted octanol–water partition coefficient (Wildman–Crippen LogP) is 3.20. The van der Waals surface area contributed by atoms with Gasteiger partial charge in [0.1, 0.15) is 22.5 Å². The van der Waals surface area contributed by atoms with E-state index in [0.29, 0.717) is 36.4 Å². The molecule has 6 heterocycles. The van der Waals surface area contributed by atoms with Crippen molar-refractivity contribution in [1.82, 2.24) is 30.5 Å². The number of rotatable bonds is 7. The third-order valence-electron chi connectivity index (χ3n) is 9.85. The summed E-state index contributed by atoms with van der Waals surface area (Å²) in [6, 6.07) is 7.41. The smallest absolute Gasteiger partial charge is 0.257 e. The summed E-state index contributed by atoms with van der Waals surface area (Å²) in [5.74, 6) is 0.983. The number of hydrogen-bond acceptors (Lipinski definition) is 11. The van der Waals surface area contributed by atoms with Gasteiger partial charge in [-0.05, 0) is 68.5 Å². The number of nitrogen functional groups attached to an aromatic ring is 2. The Morgan fingerprint density at radius 3 is 2.82 bits per heavy atom. The van der Waals surface area contributed by atoms with Gasteiger partial charge in [0.15, 0.2) is 5.82 Å². The monoisotopic (exact) mass is 633 g/mol. The maximum Gasteiger partial charge on any atom is 0.257 e. The zero-order valence-electron chi connectivity index (χ0n) is 25.5. The number of halogens is 1. The van der Waals surface area contributed by atoms with Gasteiger partial charge < -0.3 is 36.6 Å². The van der Waals surface area contributed by atoms with E-state index in [1.807, 2.05) is 17.0 Å². The number of hydrogen-bond donors (Lipinski definition) is 4. The molecule has 0 bridgehead atoms. The summed E-state index contributed by atoms with van der Waals surface area (Å²) in [4.78, 5) is 31.4. The van der Waals surface area contributed by atoms with Crippen LogP contribution in [0.5, 0.6) is 0 Å². The summed E-state index contributed by atoms with van der Waals surface area (Å²) >= 11 is 1.41. The normalized spacial score (nSPS) is 24.4. The fourth-order valence-corrected chi connectivity index (χ4v) is 8.22. The molecule has 3 fully saturated rings. The van der Waals surface area contributed by atoms with Gasteiger partial charge >= 0.3 is 0 Å². The second-order valence-corrected chi connectivity index (χ2v) is 13.8. The summed E-state index contributed by atoms with van der Waals surface area (Å²) < 4.78 is 21.5. The third kappa shape index (κ3) is 5.94. The highest BCUT2D eigenvalue weighted by Gasteiger charge is 2.49. The number of pyridine rings is 1. The Morgan fingerprint density at radius 1 is 1.22 bits per heavy atom. The van der Waals surface area contributed by atoms with Gasteiger partial charge in [-0.3, -0.25) is 4.79 Å². The van der Waals surface area contributed by atoms with Crippen LogP contribution in [0.2, 0.25) is 0 Å². The molecule has 4 aliphatic rings. The number of carbonyl (C=O) groups is 1. The number of aromatic nitrogens is 3. The van der Waals surface area contributed by atoms with Gasteiger partial charge in [-0.2, -0.15) is 0 Å². The lowest BCUT2D eigenvalue weighted by atomic mass is 9.73. The highest BCUT2D eigenvalue weighted by molar-refractivity contribution is 7.99. The number of nitrogens with one attached hydrogen (secondary N) is 2. The molecule has 0 radical (unpaired) electrons. The van der Waals surface area contributed by atoms with E-state index in [1.165, 1.54) is 17.8 Å². The molecule has 1 amide bonds. The number of nitrogens with two attached hydrogens (primary N) is 2. The molecule has 2 aromatic heterocycles. The molecule has 0 saturated carbocycles. The molecule has 13 heteroatoms. The maximum atomic E-state index is 15.3. The lowest BCUT2D eigenvalue weighted by molar-refractivity contribution is 0.0671. The summed E-state index contributed by atoms with van der Waals surface area (Å²) in [6.07, 6.45) is 7.28. The van der Waals surface area contributed by atoms with E-state index in [2.05, 4.69) is 37.4 Å². The highest BCUT2D eigenvalue weighted by atomic mass is 32.2. The van der Waals surface area contributed by atoms with Crippen molar-refractivity contribution >= 4 is 35.1 Å². The SMILES string of the molecule is C[C@@H]1OCC2(CCN(c3cnc(Sc4ccnc(N)c4)c(N)n3)CC2)[C@@H]1NCc1cc(F)c2c(c1)CN(C1CCCNC1)C2=O. The van der Waals surface area contributed by atoms with E-state index in [-0.39, 0.29) is 35.1 Å². The van der Waals surface area contributed by atoms with Crippen molar-refractivity contribution in [3.63, 3.8) is 0 Å². The molecule has 4 aliphatic heterocycles. The number of fused-ring (bicyclic) bond motifs is 1. The summed E-state index contributed by atoms with van der Waals surface area (Å²) in [6.45, 7) is 7.11. The van der Waals surface area contributed by atoms with Crippen molar-refractivity contribution in [2.45, 2.75) is 73.8 Å². The zero-order valence-corrected chi connectivity index (χ0v) is 26.3. The fraction of sp³-hybridized carbons (Fsp3) is 0.500. The molecular formula is C32H40FN9O2S. The van der Waals surface area contributed by atoms with Crippen molar-refractivity contribution in [2.75, 3.05) is 49.2 Å². The summed E-state index contributed by atoms with van der Waals surface area (Å²) in [7, 11) is 0. The summed E-state index contributed by atoms with van der Waals surface area (Å²) in [5.41, 5.74) is 14.0. The van der Waals surface area contributed by atoms with Gasteiger partial charge in [-0.25, -0.2) is 19.3 Å². The number of nitrogens with zero attached hydrogens (tertiary/aromatic N) is 5. The van der Waals surface area contributed by atoms with Crippen molar-refractivity contribution < 1.29 is 13.9 Å². The van der Waals surface area contributed by atoms with Crippen LogP contribution in [0.1, 0.15) is 54.1 Å². The van der Waals surface area contributed by atoms with Crippen molar-refractivity contribution in [1.29, 1.82) is 0 Å². The molecular weight excluding hydrogens is 593 g/mol. The van der Waals surface area contributed by atoms with Gasteiger partial charge in [0.05, 0.1) is 24.5 Å². The van der Waals surface area contributed by atoms with Gasteiger partial charge in [0, 0.05) is 61.3 Å². The standard InChI is InChI=1S/C32H40FN9O2S/c1-19-28(38-14-20-11-21-17-42(22-3-2-7-36-15-22)31(43)27(21)24(33)12-20)32(18-44-19)5-9-41(10-6-32)26-16-39-30(29(35)40-26)45-23-4-8-37-25(34)13-23/h4,8,11-13,16,19,22,28,36,38H,2-3,5-7,9-10,14-15,17-18H2,1H3,(H2,34,37)(H2,35,40)/t19-,22?,28+/m0/s1. The molecule has 1 aromatic carbocycles. The highest BCUT2D eigenvalue weighted by Crippen LogP contribution is 2.43. The molecule has 3 saturated heterocycles. The number of ether oxygens (including phenoxy) is 1. The third-order valence-corrected chi connectivity index (χ3v) is 10.8. The maximum absolute atomic E-state index is 15.3. The first-order valence-corrected chi connectivity index (χ1v) is 16.6. The molecule has 0 aliphatic carbocycles. The van der Waals surface area contributed by atoms with E-state index >= 15 is 4.39 Å². The van der Waals surface area contributed by atoms with Gasteiger partial charge in [0.2, 0.25) is 0 Å². The molecule has 7 rings (SSSR count). The zero-order chi connectivity index (χ0) is 31.1. The Labute approximate surface area is 266 Å². The van der Waals surface area contributed by atoms with Gasteiger partial charge in [-0.1, -0.05) is 17.8 Å². The molecule has 45 heavy (non-hydrogen) atoms. The number of amides is 1. The molecule has 1 spiro atoms. The second-order valence-electron chi connectivity index (χ2n) is 12.7. The minimum Gasteiger partial charge on any atom is -0.384 e. The van der Waals surface area contributed by atoms with Crippen LogP contribution in [0.15, 0.2) is 46.6 Å². The van der Waals surface area contributed by atoms with Crippen LogP contribution in [-0.2, 0) is 17.8 Å². The molecule has 11 nitrogen and oxygen atoms in total. The average molecular weight is 634 g/mol. The van der Waals surface area contributed by atoms with E-state index in [1.54, 1.807) is 18.5 Å². The van der Waals surface area contributed by atoms with Gasteiger partial charge in [0.25, 0.3) is 5.91 Å². The summed E-state index contributed by atoms with van der Waals surface area (Å²) in [5, 5.41) is 7.72. The minimum atomic E-state index is -0.422. The Balaban J connectivity index is 0.989. The minimum absolute atomic E-state index is 0.0284. The van der Waals surface area contributed by atoms with Crippen molar-refractivity contribution in [2.24, 2.45) is 5.41 Å². The Hall–Kier alpha value is -3.52. The Bertz CT molecular complexity index is 1580. The topological polar surface area (TPSA) is 148 Å². The largest absolute Gasteiger partial charge is 0.384 e. The fourth-order valence-electron chi connectivity index (χ4n) is 7.43. The quantitative estimate of drug-likeness (QED) is 0.304. The molecule has 6 N–H and O–H groups in total. The number of carbonyl (C=O) groups excluding carboxylic acids is 1. The van der Waals surface area contributed by atoms with E-state index in [0.717, 1.165) is 73.7 Å². The van der Waals surface area contributed by atoms with Crippen LogP contribution in [0.3, 0.4) is 0 Å². The first kappa shape index (κ1) is 30.2. The molecule has 1 unspecified atom stereocenters. The van der Waals surface area contributed by atoms with Crippen molar-refractivity contribution in [3.05, 3.63) is 59.2 Å². The molecule has 238 valence electrons.